The normalized spacial score (nSPS) is 11.8. The third-order valence-electron chi connectivity index (χ3n) is 2.83. The number of benzene rings is 1. The molecule has 0 aromatic heterocycles. The van der Waals surface area contributed by atoms with Crippen LogP contribution in [0.1, 0.15) is 31.2 Å². The smallest absolute Gasteiger partial charge is 0.404 e. The van der Waals surface area contributed by atoms with E-state index >= 15 is 0 Å². The van der Waals surface area contributed by atoms with Gasteiger partial charge in [-0.05, 0) is 36.4 Å². The van der Waals surface area contributed by atoms with Gasteiger partial charge in [-0.3, -0.25) is 4.79 Å². The first-order valence-corrected chi connectivity index (χ1v) is 6.67. The Morgan fingerprint density at radius 3 is 2.47 bits per heavy atom. The van der Waals surface area contributed by atoms with Crippen molar-refractivity contribution >= 4 is 22.9 Å². The Morgan fingerprint density at radius 2 is 1.89 bits per heavy atom. The van der Waals surface area contributed by atoms with Gasteiger partial charge < -0.3 is 10.4 Å². The summed E-state index contributed by atoms with van der Waals surface area (Å²) in [5.41, 5.74) is 1.09. The highest BCUT2D eigenvalue weighted by molar-refractivity contribution is 6.63. The van der Waals surface area contributed by atoms with E-state index < -0.39 is 6.09 Å². The zero-order chi connectivity index (χ0) is 14.1. The van der Waals surface area contributed by atoms with Gasteiger partial charge in [-0.1, -0.05) is 36.8 Å². The Kier molecular flexibility index (Phi) is 6.97. The fourth-order valence-electron chi connectivity index (χ4n) is 1.95. The lowest BCUT2D eigenvalue weighted by Crippen LogP contribution is -2.35. The maximum absolute atomic E-state index is 10.8. The zero-order valence-corrected chi connectivity index (χ0v) is 11.4. The summed E-state index contributed by atoms with van der Waals surface area (Å²) < 4.78 is 0. The van der Waals surface area contributed by atoms with Crippen molar-refractivity contribution in [1.82, 2.24) is 5.32 Å². The summed E-state index contributed by atoms with van der Waals surface area (Å²) in [5, 5.41) is 11.0. The highest BCUT2D eigenvalue weighted by atomic mass is 35.5. The van der Waals surface area contributed by atoms with Crippen molar-refractivity contribution < 1.29 is 14.7 Å². The molecule has 0 saturated heterocycles. The number of halogens is 1. The molecule has 2 N–H and O–H groups in total. The molecule has 1 unspecified atom stereocenters. The first-order chi connectivity index (χ1) is 9.08. The Morgan fingerprint density at radius 1 is 1.21 bits per heavy atom. The van der Waals surface area contributed by atoms with E-state index in [9.17, 15) is 9.59 Å². The van der Waals surface area contributed by atoms with Crippen LogP contribution in [-0.4, -0.2) is 22.5 Å². The number of hydrogen-bond acceptors (Lipinski definition) is 2. The van der Waals surface area contributed by atoms with Gasteiger partial charge in [0.15, 0.2) is 0 Å². The van der Waals surface area contributed by atoms with E-state index in [0.717, 1.165) is 12.0 Å². The van der Waals surface area contributed by atoms with Crippen molar-refractivity contribution in [3.63, 3.8) is 0 Å². The number of rotatable bonds is 8. The van der Waals surface area contributed by atoms with Crippen LogP contribution in [0, 0.1) is 0 Å². The van der Waals surface area contributed by atoms with Gasteiger partial charge in [0, 0.05) is 12.5 Å². The van der Waals surface area contributed by atoms with Crippen LogP contribution in [0.15, 0.2) is 30.3 Å². The lowest BCUT2D eigenvalue weighted by atomic mass is 10.0. The Labute approximate surface area is 117 Å². The van der Waals surface area contributed by atoms with Crippen molar-refractivity contribution in [3.05, 3.63) is 35.9 Å². The van der Waals surface area contributed by atoms with Gasteiger partial charge >= 0.3 is 6.09 Å². The summed E-state index contributed by atoms with van der Waals surface area (Å²) in [6.45, 7) is 0. The molecule has 0 heterocycles. The minimum absolute atomic E-state index is 0.134. The number of hydrogen-bond donors (Lipinski definition) is 2. The lowest BCUT2D eigenvalue weighted by molar-refractivity contribution is -0.111. The molecule has 5 heteroatoms. The predicted molar refractivity (Wildman–Crippen MR) is 74.4 cm³/mol. The minimum atomic E-state index is -1.02. The average Bonchev–Trinajstić information content (AvgIpc) is 2.35. The molecule has 1 amide bonds. The minimum Gasteiger partial charge on any atom is -0.465 e. The molecule has 0 aliphatic carbocycles. The molecule has 0 aliphatic heterocycles. The molecule has 0 fully saturated rings. The van der Waals surface area contributed by atoms with Crippen molar-refractivity contribution in [2.75, 3.05) is 0 Å². The number of nitrogens with one attached hydrogen (secondary N) is 1. The van der Waals surface area contributed by atoms with Crippen LogP contribution in [0.4, 0.5) is 4.79 Å². The summed E-state index contributed by atoms with van der Waals surface area (Å²) >= 11 is 5.26. The Hall–Kier alpha value is -1.55. The maximum atomic E-state index is 10.8. The van der Waals surface area contributed by atoms with Gasteiger partial charge in [-0.15, -0.1) is 0 Å². The third kappa shape index (κ3) is 7.47. The summed E-state index contributed by atoms with van der Waals surface area (Å²) in [6, 6.07) is 9.59. The summed E-state index contributed by atoms with van der Waals surface area (Å²) in [7, 11) is 0. The molecule has 4 nitrogen and oxygen atoms in total. The van der Waals surface area contributed by atoms with E-state index in [1.807, 2.05) is 30.3 Å². The molecule has 0 aliphatic rings. The van der Waals surface area contributed by atoms with E-state index in [-0.39, 0.29) is 11.3 Å². The second kappa shape index (κ2) is 8.53. The molecule has 1 rings (SSSR count). The first kappa shape index (κ1) is 15.5. The molecule has 0 radical (unpaired) electrons. The van der Waals surface area contributed by atoms with Crippen LogP contribution < -0.4 is 5.32 Å². The molecule has 104 valence electrons. The van der Waals surface area contributed by atoms with E-state index in [4.69, 9.17) is 16.7 Å². The monoisotopic (exact) mass is 283 g/mol. The fourth-order valence-corrected chi connectivity index (χ4v) is 2.09. The van der Waals surface area contributed by atoms with Gasteiger partial charge in [0.2, 0.25) is 5.24 Å². The topological polar surface area (TPSA) is 66.4 Å². The molecule has 1 aromatic carbocycles. The molecule has 0 bridgehead atoms. The van der Waals surface area contributed by atoms with Crippen LogP contribution in [-0.2, 0) is 11.2 Å². The van der Waals surface area contributed by atoms with Crippen LogP contribution in [0.2, 0.25) is 0 Å². The standard InChI is InChI=1S/C14H18ClNO3/c15-13(17)9-5-4-8-12(16-14(18)19)10-11-6-2-1-3-7-11/h1-3,6-7,12,16H,4-5,8-10H2,(H,18,19). The van der Waals surface area contributed by atoms with Crippen LogP contribution in [0.3, 0.4) is 0 Å². The number of carbonyl (C=O) groups is 2. The van der Waals surface area contributed by atoms with Crippen molar-refractivity contribution in [3.8, 4) is 0 Å². The van der Waals surface area contributed by atoms with Gasteiger partial charge in [0.25, 0.3) is 0 Å². The van der Waals surface area contributed by atoms with E-state index in [1.54, 1.807) is 0 Å². The van der Waals surface area contributed by atoms with Gasteiger partial charge in [-0.25, -0.2) is 4.79 Å². The highest BCUT2D eigenvalue weighted by Crippen LogP contribution is 2.11. The molecule has 1 aromatic rings. The second-order valence-electron chi connectivity index (χ2n) is 4.44. The molecular weight excluding hydrogens is 266 g/mol. The molecule has 19 heavy (non-hydrogen) atoms. The second-order valence-corrected chi connectivity index (χ2v) is 4.86. The van der Waals surface area contributed by atoms with Gasteiger partial charge in [-0.2, -0.15) is 0 Å². The number of unbranched alkanes of at least 4 members (excludes halogenated alkanes) is 1. The van der Waals surface area contributed by atoms with Crippen LogP contribution in [0.5, 0.6) is 0 Å². The molecular formula is C14H18ClNO3. The number of carboxylic acid groups (broad SMARTS) is 1. The maximum Gasteiger partial charge on any atom is 0.404 e. The SMILES string of the molecule is O=C(Cl)CCCCC(Cc1ccccc1)NC(=O)O. The summed E-state index contributed by atoms with van der Waals surface area (Å²) in [6.07, 6.45) is 2.14. The van der Waals surface area contributed by atoms with E-state index in [0.29, 0.717) is 25.7 Å². The van der Waals surface area contributed by atoms with Crippen molar-refractivity contribution in [1.29, 1.82) is 0 Å². The zero-order valence-electron chi connectivity index (χ0n) is 10.6. The first-order valence-electron chi connectivity index (χ1n) is 6.29. The third-order valence-corrected chi connectivity index (χ3v) is 3.02. The Bertz CT molecular complexity index is 408. The number of carbonyl (C=O) groups excluding carboxylic acids is 1. The molecule has 0 spiro atoms. The summed E-state index contributed by atoms with van der Waals surface area (Å²) in [4.78, 5) is 21.4. The van der Waals surface area contributed by atoms with Crippen LogP contribution in [0.25, 0.3) is 0 Å². The fraction of sp³-hybridized carbons (Fsp3) is 0.429. The summed E-state index contributed by atoms with van der Waals surface area (Å²) in [5.74, 6) is 0. The Balaban J connectivity index is 2.43. The number of amides is 1. The predicted octanol–water partition coefficient (Wildman–Crippen LogP) is 3.19. The highest BCUT2D eigenvalue weighted by Gasteiger charge is 2.12. The quantitative estimate of drug-likeness (QED) is 0.569. The van der Waals surface area contributed by atoms with E-state index in [2.05, 4.69) is 5.32 Å². The van der Waals surface area contributed by atoms with E-state index in [1.165, 1.54) is 0 Å². The van der Waals surface area contributed by atoms with Gasteiger partial charge in [0.1, 0.15) is 0 Å². The largest absolute Gasteiger partial charge is 0.465 e. The lowest BCUT2D eigenvalue weighted by Gasteiger charge is -2.16. The average molecular weight is 284 g/mol. The van der Waals surface area contributed by atoms with Gasteiger partial charge in [0.05, 0.1) is 0 Å². The van der Waals surface area contributed by atoms with Crippen molar-refractivity contribution in [2.24, 2.45) is 0 Å². The molecule has 0 saturated carbocycles. The van der Waals surface area contributed by atoms with Crippen LogP contribution >= 0.6 is 11.6 Å². The van der Waals surface area contributed by atoms with Crippen molar-refractivity contribution in [2.45, 2.75) is 38.1 Å². The molecule has 1 atom stereocenters.